The van der Waals surface area contributed by atoms with E-state index in [9.17, 15) is 14.4 Å². The van der Waals surface area contributed by atoms with Crippen LogP contribution >= 0.6 is 0 Å². The van der Waals surface area contributed by atoms with Crippen LogP contribution in [-0.2, 0) is 28.6 Å². The summed E-state index contributed by atoms with van der Waals surface area (Å²) in [5, 5.41) is 0. The van der Waals surface area contributed by atoms with Gasteiger partial charge in [-0.15, -0.1) is 0 Å². The fourth-order valence-electron chi connectivity index (χ4n) is 6.95. The molecule has 0 fully saturated rings. The highest BCUT2D eigenvalue weighted by atomic mass is 16.6. The van der Waals surface area contributed by atoms with Gasteiger partial charge in [0.05, 0.1) is 0 Å². The highest BCUT2D eigenvalue weighted by Crippen LogP contribution is 2.14. The van der Waals surface area contributed by atoms with E-state index < -0.39 is 6.10 Å². The van der Waals surface area contributed by atoms with E-state index in [1.807, 2.05) is 0 Å². The maximum Gasteiger partial charge on any atom is 0.306 e. The van der Waals surface area contributed by atoms with Crippen LogP contribution in [0.25, 0.3) is 0 Å². The molecule has 0 spiro atoms. The molecule has 0 bridgehead atoms. The Kier molecular flexibility index (Phi) is 49.0. The summed E-state index contributed by atoms with van der Waals surface area (Å²) < 4.78 is 16.7. The topological polar surface area (TPSA) is 78.9 Å². The van der Waals surface area contributed by atoms with Crippen LogP contribution in [0.4, 0.5) is 0 Å². The second-order valence-electron chi connectivity index (χ2n) is 17.0. The third-order valence-corrected chi connectivity index (χ3v) is 10.8. The van der Waals surface area contributed by atoms with Crippen LogP contribution in [0, 0.1) is 0 Å². The first-order valence-corrected chi connectivity index (χ1v) is 26.2. The average molecular weight is 889 g/mol. The normalized spacial score (nSPS) is 12.9. The van der Waals surface area contributed by atoms with Gasteiger partial charge >= 0.3 is 17.9 Å². The van der Waals surface area contributed by atoms with Gasteiger partial charge in [-0.3, -0.25) is 14.4 Å². The van der Waals surface area contributed by atoms with Gasteiger partial charge in [0.15, 0.2) is 6.10 Å². The Labute approximate surface area is 394 Å². The fourth-order valence-corrected chi connectivity index (χ4v) is 6.95. The van der Waals surface area contributed by atoms with Crippen LogP contribution in [0.3, 0.4) is 0 Å². The minimum Gasteiger partial charge on any atom is -0.462 e. The molecule has 0 radical (unpaired) electrons. The second-order valence-corrected chi connectivity index (χ2v) is 17.0. The monoisotopic (exact) mass is 889 g/mol. The van der Waals surface area contributed by atoms with E-state index in [-0.39, 0.29) is 37.5 Å². The van der Waals surface area contributed by atoms with Gasteiger partial charge in [0, 0.05) is 19.3 Å². The van der Waals surface area contributed by atoms with E-state index >= 15 is 0 Å². The third kappa shape index (κ3) is 49.3. The van der Waals surface area contributed by atoms with Gasteiger partial charge in [0.2, 0.25) is 0 Å². The number of carbonyl (C=O) groups excluding carboxylic acids is 3. The molecule has 6 heteroatoms. The van der Waals surface area contributed by atoms with Crippen molar-refractivity contribution in [1.29, 1.82) is 0 Å². The smallest absolute Gasteiger partial charge is 0.306 e. The zero-order valence-corrected chi connectivity index (χ0v) is 41.5. The molecule has 0 heterocycles. The van der Waals surface area contributed by atoms with Gasteiger partial charge in [0.25, 0.3) is 0 Å². The molecule has 0 saturated carbocycles. The third-order valence-electron chi connectivity index (χ3n) is 10.8. The van der Waals surface area contributed by atoms with Crippen molar-refractivity contribution in [3.05, 3.63) is 97.2 Å². The summed E-state index contributed by atoms with van der Waals surface area (Å²) in [6.07, 6.45) is 68.4. The summed E-state index contributed by atoms with van der Waals surface area (Å²) in [5.41, 5.74) is 0. The van der Waals surface area contributed by atoms with Crippen molar-refractivity contribution in [1.82, 2.24) is 0 Å². The molecule has 364 valence electrons. The Morgan fingerprint density at radius 1 is 0.328 bits per heavy atom. The van der Waals surface area contributed by atoms with Gasteiger partial charge in [-0.2, -0.15) is 0 Å². The number of ether oxygens (including phenoxy) is 3. The average Bonchev–Trinajstić information content (AvgIpc) is 3.29. The van der Waals surface area contributed by atoms with Gasteiger partial charge in [0.1, 0.15) is 13.2 Å². The van der Waals surface area contributed by atoms with E-state index in [0.29, 0.717) is 19.3 Å². The molecule has 0 aromatic carbocycles. The number of hydrogen-bond acceptors (Lipinski definition) is 6. The van der Waals surface area contributed by atoms with Crippen molar-refractivity contribution in [3.63, 3.8) is 0 Å². The summed E-state index contributed by atoms with van der Waals surface area (Å²) in [5.74, 6) is -0.948. The molecule has 0 rings (SSSR count). The molecular weight excluding hydrogens is 793 g/mol. The minimum atomic E-state index is -0.798. The number of rotatable bonds is 46. The predicted octanol–water partition coefficient (Wildman–Crippen LogP) is 17.4. The summed E-state index contributed by atoms with van der Waals surface area (Å²) in [4.78, 5) is 37.9. The number of carbonyl (C=O) groups is 3. The lowest BCUT2D eigenvalue weighted by molar-refractivity contribution is -0.167. The van der Waals surface area contributed by atoms with Crippen molar-refractivity contribution in [3.8, 4) is 0 Å². The Hall–Kier alpha value is -3.67. The van der Waals surface area contributed by atoms with Gasteiger partial charge in [-0.25, -0.2) is 0 Å². The van der Waals surface area contributed by atoms with Crippen molar-refractivity contribution in [2.24, 2.45) is 0 Å². The highest BCUT2D eigenvalue weighted by Gasteiger charge is 2.19. The van der Waals surface area contributed by atoms with Gasteiger partial charge in [-0.1, -0.05) is 214 Å². The molecular formula is C58H96O6. The predicted molar refractivity (Wildman–Crippen MR) is 274 cm³/mol. The Morgan fingerprint density at radius 3 is 0.984 bits per heavy atom. The molecule has 1 atom stereocenters. The zero-order valence-electron chi connectivity index (χ0n) is 41.5. The molecule has 0 aliphatic rings. The lowest BCUT2D eigenvalue weighted by Crippen LogP contribution is -2.30. The van der Waals surface area contributed by atoms with Gasteiger partial charge in [-0.05, 0) is 96.3 Å². The van der Waals surface area contributed by atoms with E-state index in [4.69, 9.17) is 14.2 Å². The van der Waals surface area contributed by atoms with Crippen molar-refractivity contribution >= 4 is 17.9 Å². The second kappa shape index (κ2) is 52.0. The molecule has 0 amide bonds. The van der Waals surface area contributed by atoms with Crippen LogP contribution in [-0.4, -0.2) is 37.2 Å². The number of esters is 3. The Morgan fingerprint density at radius 2 is 0.609 bits per heavy atom. The van der Waals surface area contributed by atoms with Crippen molar-refractivity contribution in [2.45, 2.75) is 239 Å². The highest BCUT2D eigenvalue weighted by molar-refractivity contribution is 5.71. The molecule has 0 aromatic heterocycles. The van der Waals surface area contributed by atoms with E-state index in [0.717, 1.165) is 103 Å². The van der Waals surface area contributed by atoms with E-state index in [2.05, 4.69) is 118 Å². The first kappa shape index (κ1) is 60.3. The SMILES string of the molecule is CC/C=C\C/C=C\C/C=C\C/C=C\CCCCCCCCCCCCC(=O)OCC(COC(=O)CCCCCCCCCC)OC(=O)CCCC/C=C\C/C=C\C/C=C\C/C=C\CC. The number of hydrogen-bond donors (Lipinski definition) is 0. The van der Waals surface area contributed by atoms with Crippen molar-refractivity contribution < 1.29 is 28.6 Å². The number of allylic oxidation sites excluding steroid dienone is 16. The molecule has 0 aliphatic heterocycles. The largest absolute Gasteiger partial charge is 0.462 e. The molecule has 64 heavy (non-hydrogen) atoms. The Bertz CT molecular complexity index is 1300. The maximum atomic E-state index is 12.8. The lowest BCUT2D eigenvalue weighted by Gasteiger charge is -2.18. The summed E-state index contributed by atoms with van der Waals surface area (Å²) in [6.45, 7) is 6.34. The van der Waals surface area contributed by atoms with Crippen LogP contribution in [0.1, 0.15) is 233 Å². The molecule has 0 aliphatic carbocycles. The van der Waals surface area contributed by atoms with Crippen LogP contribution in [0.5, 0.6) is 0 Å². The standard InChI is InChI=1S/C58H96O6/c1-4-7-10-13-16-19-21-23-25-26-27-28-29-30-31-32-34-35-37-39-42-45-48-51-57(60)63-54-55(53-62-56(59)50-47-44-41-18-15-12-9-6-3)64-58(61)52-49-46-43-40-38-36-33-24-22-20-17-14-11-8-5-2/h7-8,10-11,16-17,19-20,23-25,27-28,33,38,40,55H,4-6,9,12-15,18,21-22,26,29-32,34-37,39,41-54H2,1-3H3/b10-7-,11-8-,19-16-,20-17-,25-23-,28-27-,33-24-,40-38-. The van der Waals surface area contributed by atoms with Crippen LogP contribution in [0.15, 0.2) is 97.2 Å². The van der Waals surface area contributed by atoms with Crippen molar-refractivity contribution in [2.75, 3.05) is 13.2 Å². The van der Waals surface area contributed by atoms with Crippen LogP contribution in [0.2, 0.25) is 0 Å². The number of unbranched alkanes of at least 4 members (excludes halogenated alkanes) is 19. The molecule has 0 N–H and O–H groups in total. The van der Waals surface area contributed by atoms with Gasteiger partial charge < -0.3 is 14.2 Å². The molecule has 1 unspecified atom stereocenters. The molecule has 0 saturated heterocycles. The first-order valence-electron chi connectivity index (χ1n) is 26.2. The summed E-state index contributed by atoms with van der Waals surface area (Å²) in [6, 6.07) is 0. The minimum absolute atomic E-state index is 0.0951. The lowest BCUT2D eigenvalue weighted by atomic mass is 10.1. The van der Waals surface area contributed by atoms with E-state index in [1.165, 1.54) is 83.5 Å². The first-order chi connectivity index (χ1) is 31.5. The quantitative estimate of drug-likeness (QED) is 0.0262. The molecule has 6 nitrogen and oxygen atoms in total. The fraction of sp³-hybridized carbons (Fsp3) is 0.672. The summed E-state index contributed by atoms with van der Waals surface area (Å²) in [7, 11) is 0. The Balaban J connectivity index is 4.30. The molecule has 0 aromatic rings. The zero-order chi connectivity index (χ0) is 46.5. The maximum absolute atomic E-state index is 12.8. The van der Waals surface area contributed by atoms with Crippen LogP contribution < -0.4 is 0 Å². The van der Waals surface area contributed by atoms with E-state index in [1.54, 1.807) is 0 Å². The summed E-state index contributed by atoms with van der Waals surface area (Å²) >= 11 is 0.